The van der Waals surface area contributed by atoms with Crippen LogP contribution in [0.5, 0.6) is 0 Å². The summed E-state index contributed by atoms with van der Waals surface area (Å²) in [5.41, 5.74) is 0.839. The molecule has 2 aromatic rings. The Bertz CT molecular complexity index is 529. The van der Waals surface area contributed by atoms with Gasteiger partial charge in [-0.3, -0.25) is 0 Å². The predicted molar refractivity (Wildman–Crippen MR) is 67.0 cm³/mol. The molecule has 14 heavy (non-hydrogen) atoms. The van der Waals surface area contributed by atoms with Crippen molar-refractivity contribution in [1.29, 1.82) is 0 Å². The third-order valence-electron chi connectivity index (χ3n) is 1.83. The highest BCUT2D eigenvalue weighted by Crippen LogP contribution is 2.33. The van der Waals surface area contributed by atoms with E-state index in [2.05, 4.69) is 15.9 Å². The highest BCUT2D eigenvalue weighted by Gasteiger charge is 2.08. The summed E-state index contributed by atoms with van der Waals surface area (Å²) < 4.78 is 8.53. The minimum atomic E-state index is 0.779. The van der Waals surface area contributed by atoms with Crippen LogP contribution in [-0.2, 0) is 0 Å². The third-order valence-corrected chi connectivity index (χ3v) is 4.17. The summed E-state index contributed by atoms with van der Waals surface area (Å²) >= 11 is 10.3. The Kier molecular flexibility index (Phi) is 2.64. The summed E-state index contributed by atoms with van der Waals surface area (Å²) in [7, 11) is 3.86. The van der Waals surface area contributed by atoms with Crippen molar-refractivity contribution in [3.8, 4) is 0 Å². The van der Waals surface area contributed by atoms with E-state index in [0.29, 0.717) is 0 Å². The summed E-state index contributed by atoms with van der Waals surface area (Å²) in [6, 6.07) is 1.88. The van der Waals surface area contributed by atoms with E-state index in [1.807, 2.05) is 30.4 Å². The standard InChI is InChI=1S/C9H8BrNOS2/c1-11(2)7-3-6(13)9-8(12-7)5(10)4-14-9/h3-4H,1-2H3. The molecule has 0 fully saturated rings. The maximum atomic E-state index is 5.70. The van der Waals surface area contributed by atoms with Crippen LogP contribution in [-0.4, -0.2) is 14.1 Å². The van der Waals surface area contributed by atoms with Gasteiger partial charge < -0.3 is 9.32 Å². The lowest BCUT2D eigenvalue weighted by molar-refractivity contribution is 0.598. The van der Waals surface area contributed by atoms with Crippen LogP contribution in [0.25, 0.3) is 10.3 Å². The normalized spacial score (nSPS) is 10.8. The first-order valence-electron chi connectivity index (χ1n) is 3.98. The summed E-state index contributed by atoms with van der Waals surface area (Å²) in [5.74, 6) is 0.779. The van der Waals surface area contributed by atoms with E-state index in [0.717, 1.165) is 25.1 Å². The Balaban J connectivity index is 2.82. The minimum Gasteiger partial charge on any atom is -0.438 e. The number of thiophene rings is 1. The van der Waals surface area contributed by atoms with Gasteiger partial charge in [-0.15, -0.1) is 11.3 Å². The third kappa shape index (κ3) is 1.60. The molecule has 0 aromatic carbocycles. The second-order valence-electron chi connectivity index (χ2n) is 3.09. The van der Waals surface area contributed by atoms with Gasteiger partial charge in [-0.25, -0.2) is 0 Å². The molecule has 0 amide bonds. The fourth-order valence-electron chi connectivity index (χ4n) is 1.12. The lowest BCUT2D eigenvalue weighted by atomic mass is 10.4. The zero-order valence-corrected chi connectivity index (χ0v) is 10.9. The average molecular weight is 290 g/mol. The fraction of sp³-hybridized carbons (Fsp3) is 0.222. The Morgan fingerprint density at radius 3 is 2.86 bits per heavy atom. The minimum absolute atomic E-state index is 0.779. The van der Waals surface area contributed by atoms with E-state index in [4.69, 9.17) is 16.6 Å². The van der Waals surface area contributed by atoms with Gasteiger partial charge in [0.2, 0.25) is 0 Å². The molecule has 0 atom stereocenters. The molecular weight excluding hydrogens is 282 g/mol. The second-order valence-corrected chi connectivity index (χ2v) is 5.26. The topological polar surface area (TPSA) is 16.4 Å². The molecular formula is C9H8BrNOS2. The molecule has 2 rings (SSSR count). The van der Waals surface area contributed by atoms with Crippen LogP contribution in [0.4, 0.5) is 5.88 Å². The number of hydrogen-bond donors (Lipinski definition) is 0. The van der Waals surface area contributed by atoms with Crippen molar-refractivity contribution in [3.05, 3.63) is 20.4 Å². The first-order chi connectivity index (χ1) is 6.59. The van der Waals surface area contributed by atoms with Gasteiger partial charge in [-0.05, 0) is 15.9 Å². The zero-order valence-electron chi connectivity index (χ0n) is 7.70. The molecule has 0 N–H and O–H groups in total. The zero-order chi connectivity index (χ0) is 10.3. The van der Waals surface area contributed by atoms with Gasteiger partial charge in [0.1, 0.15) is 0 Å². The molecule has 0 unspecified atom stereocenters. The van der Waals surface area contributed by atoms with Crippen LogP contribution < -0.4 is 4.90 Å². The Hall–Kier alpha value is -0.390. The highest BCUT2D eigenvalue weighted by atomic mass is 79.9. The first kappa shape index (κ1) is 10.1. The Labute approximate surface area is 99.3 Å². The van der Waals surface area contributed by atoms with E-state index in [1.165, 1.54) is 0 Å². The van der Waals surface area contributed by atoms with E-state index < -0.39 is 0 Å². The molecule has 0 saturated carbocycles. The molecule has 0 aliphatic rings. The van der Waals surface area contributed by atoms with Gasteiger partial charge in [-0.2, -0.15) is 0 Å². The van der Waals surface area contributed by atoms with Gasteiger partial charge in [-0.1, -0.05) is 12.2 Å². The first-order valence-corrected chi connectivity index (χ1v) is 6.06. The second kappa shape index (κ2) is 3.64. The fourth-order valence-corrected chi connectivity index (χ4v) is 2.91. The van der Waals surface area contributed by atoms with Gasteiger partial charge in [0.25, 0.3) is 0 Å². The van der Waals surface area contributed by atoms with Crippen LogP contribution in [0, 0.1) is 4.51 Å². The number of anilines is 1. The SMILES string of the molecule is CN(C)c1cc(=S)c2scc(Br)c2o1. The van der Waals surface area contributed by atoms with Gasteiger partial charge in [0.15, 0.2) is 11.5 Å². The van der Waals surface area contributed by atoms with Crippen LogP contribution in [0.2, 0.25) is 0 Å². The summed E-state index contributed by atoms with van der Waals surface area (Å²) in [5, 5.41) is 1.99. The summed E-state index contributed by atoms with van der Waals surface area (Å²) in [6.45, 7) is 0. The summed E-state index contributed by atoms with van der Waals surface area (Å²) in [4.78, 5) is 1.90. The summed E-state index contributed by atoms with van der Waals surface area (Å²) in [6.07, 6.45) is 0. The smallest absolute Gasteiger partial charge is 0.197 e. The molecule has 2 aromatic heterocycles. The molecule has 0 aliphatic heterocycles. The molecule has 0 radical (unpaired) electrons. The van der Waals surface area contributed by atoms with E-state index in [9.17, 15) is 0 Å². The van der Waals surface area contributed by atoms with Crippen molar-refractivity contribution in [3.63, 3.8) is 0 Å². The van der Waals surface area contributed by atoms with E-state index in [-0.39, 0.29) is 0 Å². The number of nitrogens with zero attached hydrogens (tertiary/aromatic N) is 1. The van der Waals surface area contributed by atoms with Gasteiger partial charge >= 0.3 is 0 Å². The van der Waals surface area contributed by atoms with Gasteiger partial charge in [0, 0.05) is 25.5 Å². The van der Waals surface area contributed by atoms with Crippen molar-refractivity contribution in [2.45, 2.75) is 0 Å². The molecule has 74 valence electrons. The van der Waals surface area contributed by atoms with Crippen LogP contribution in [0.15, 0.2) is 20.3 Å². The molecule has 0 saturated heterocycles. The Morgan fingerprint density at radius 1 is 1.50 bits per heavy atom. The van der Waals surface area contributed by atoms with Crippen molar-refractivity contribution in [2.75, 3.05) is 19.0 Å². The predicted octanol–water partition coefficient (Wildman–Crippen LogP) is 4.05. The molecule has 2 nitrogen and oxygen atoms in total. The number of halogens is 1. The maximum Gasteiger partial charge on any atom is 0.197 e. The molecule has 0 spiro atoms. The van der Waals surface area contributed by atoms with Crippen molar-refractivity contribution < 1.29 is 4.42 Å². The van der Waals surface area contributed by atoms with Crippen molar-refractivity contribution in [2.24, 2.45) is 0 Å². The lowest BCUT2D eigenvalue weighted by Gasteiger charge is -2.10. The molecule has 0 aliphatic carbocycles. The molecule has 0 bridgehead atoms. The van der Waals surface area contributed by atoms with Crippen molar-refractivity contribution in [1.82, 2.24) is 0 Å². The Morgan fingerprint density at radius 2 is 2.21 bits per heavy atom. The van der Waals surface area contributed by atoms with Gasteiger partial charge in [0.05, 0.1) is 13.7 Å². The van der Waals surface area contributed by atoms with Crippen LogP contribution >= 0.6 is 39.5 Å². The van der Waals surface area contributed by atoms with Crippen LogP contribution in [0.1, 0.15) is 0 Å². The van der Waals surface area contributed by atoms with Crippen molar-refractivity contribution >= 4 is 55.7 Å². The maximum absolute atomic E-state index is 5.70. The lowest BCUT2D eigenvalue weighted by Crippen LogP contribution is -2.08. The van der Waals surface area contributed by atoms with E-state index in [1.54, 1.807) is 11.3 Å². The largest absolute Gasteiger partial charge is 0.438 e. The molecule has 5 heteroatoms. The number of rotatable bonds is 1. The average Bonchev–Trinajstić information content (AvgIpc) is 2.48. The number of hydrogen-bond acceptors (Lipinski definition) is 4. The van der Waals surface area contributed by atoms with Crippen LogP contribution in [0.3, 0.4) is 0 Å². The number of fused-ring (bicyclic) bond motifs is 1. The van der Waals surface area contributed by atoms with E-state index >= 15 is 0 Å². The quantitative estimate of drug-likeness (QED) is 0.737. The monoisotopic (exact) mass is 289 g/mol. The highest BCUT2D eigenvalue weighted by molar-refractivity contribution is 9.10. The molecule has 2 heterocycles.